The Morgan fingerprint density at radius 3 is 2.90 bits per heavy atom. The van der Waals surface area contributed by atoms with Gasteiger partial charge in [-0.05, 0) is 47.0 Å². The van der Waals surface area contributed by atoms with Gasteiger partial charge in [-0.2, -0.15) is 5.26 Å². The highest BCUT2D eigenvalue weighted by molar-refractivity contribution is 9.10. The fourth-order valence-electron chi connectivity index (χ4n) is 2.55. The maximum atomic E-state index is 9.39. The van der Waals surface area contributed by atoms with E-state index in [0.717, 1.165) is 22.1 Å². The summed E-state index contributed by atoms with van der Waals surface area (Å²) in [6.07, 6.45) is 2.63. The molecule has 0 saturated heterocycles. The maximum Gasteiger partial charge on any atom is 0.245 e. The van der Waals surface area contributed by atoms with Gasteiger partial charge < -0.3 is 20.5 Å². The van der Waals surface area contributed by atoms with Crippen LogP contribution in [0.4, 0.5) is 5.69 Å². The molecule has 1 unspecified atom stereocenters. The van der Waals surface area contributed by atoms with E-state index >= 15 is 0 Å². The highest BCUT2D eigenvalue weighted by Crippen LogP contribution is 2.47. The molecule has 21 heavy (non-hydrogen) atoms. The Labute approximate surface area is 131 Å². The molecule has 0 aliphatic carbocycles. The number of allylic oxidation sites excluding steroid dienone is 1. The lowest BCUT2D eigenvalue weighted by Crippen LogP contribution is -2.44. The minimum Gasteiger partial charge on any atom is -0.456 e. The minimum absolute atomic E-state index is 0.0599. The van der Waals surface area contributed by atoms with Crippen LogP contribution >= 0.6 is 15.9 Å². The molecular weight excluding hydrogens is 334 g/mol. The van der Waals surface area contributed by atoms with Gasteiger partial charge in [0.05, 0.1) is 10.2 Å². The number of fused-ring (bicyclic) bond motifs is 1. The third-order valence-corrected chi connectivity index (χ3v) is 4.09. The second-order valence-electron chi connectivity index (χ2n) is 4.98. The van der Waals surface area contributed by atoms with Gasteiger partial charge in [0.1, 0.15) is 11.8 Å². The van der Waals surface area contributed by atoms with Crippen molar-refractivity contribution in [2.24, 2.45) is 5.73 Å². The zero-order chi connectivity index (χ0) is 15.2. The Balaban J connectivity index is 2.13. The van der Waals surface area contributed by atoms with E-state index < -0.39 is 5.72 Å². The largest absolute Gasteiger partial charge is 0.456 e. The number of nitrogens with zero attached hydrogens (tertiary/aromatic N) is 1. The van der Waals surface area contributed by atoms with Crippen LogP contribution in [-0.2, 0) is 11.2 Å². The maximum absolute atomic E-state index is 9.39. The molecule has 0 fully saturated rings. The predicted octanol–water partition coefficient (Wildman–Crippen LogP) is 3.14. The first kappa shape index (κ1) is 13.8. The van der Waals surface area contributed by atoms with E-state index in [1.54, 1.807) is 13.0 Å². The van der Waals surface area contributed by atoms with E-state index in [2.05, 4.69) is 34.2 Å². The molecule has 1 aromatic rings. The van der Waals surface area contributed by atoms with Crippen molar-refractivity contribution in [3.05, 3.63) is 45.5 Å². The number of nitriles is 1. The van der Waals surface area contributed by atoms with Gasteiger partial charge in [-0.25, -0.2) is 0 Å². The second kappa shape index (κ2) is 4.71. The zero-order valence-corrected chi connectivity index (χ0v) is 13.2. The molecule has 2 heterocycles. The molecule has 0 amide bonds. The molecule has 6 heteroatoms. The Morgan fingerprint density at radius 1 is 1.48 bits per heavy atom. The van der Waals surface area contributed by atoms with Gasteiger partial charge in [-0.1, -0.05) is 6.92 Å². The predicted molar refractivity (Wildman–Crippen MR) is 82.2 cm³/mol. The Bertz CT molecular complexity index is 733. The van der Waals surface area contributed by atoms with Crippen molar-refractivity contribution in [1.82, 2.24) is 0 Å². The van der Waals surface area contributed by atoms with Crippen LogP contribution in [0.15, 0.2) is 39.9 Å². The van der Waals surface area contributed by atoms with Crippen molar-refractivity contribution in [2.45, 2.75) is 26.0 Å². The SMILES string of the molecule is CCc1cc(Br)c2c(c1)NC1(C=C(C)OC(N)=C1C#N)O2. The summed E-state index contributed by atoms with van der Waals surface area (Å²) in [6, 6.07) is 6.09. The number of ether oxygens (including phenoxy) is 2. The first-order chi connectivity index (χ1) is 9.99. The average Bonchev–Trinajstić information content (AvgIpc) is 2.77. The van der Waals surface area contributed by atoms with Gasteiger partial charge in [0, 0.05) is 6.08 Å². The zero-order valence-electron chi connectivity index (χ0n) is 11.7. The molecule has 1 aromatic carbocycles. The number of nitrogens with two attached hydrogens (primary N) is 1. The van der Waals surface area contributed by atoms with Crippen LogP contribution in [0.5, 0.6) is 5.75 Å². The van der Waals surface area contributed by atoms with Crippen molar-refractivity contribution < 1.29 is 9.47 Å². The molecule has 0 saturated carbocycles. The van der Waals surface area contributed by atoms with Crippen molar-refractivity contribution in [1.29, 1.82) is 5.26 Å². The summed E-state index contributed by atoms with van der Waals surface area (Å²) in [6.45, 7) is 3.85. The molecular formula is C15H14BrN3O2. The number of anilines is 1. The van der Waals surface area contributed by atoms with Gasteiger partial charge in [0.15, 0.2) is 11.3 Å². The molecule has 2 aliphatic rings. The molecule has 5 nitrogen and oxygen atoms in total. The smallest absolute Gasteiger partial charge is 0.245 e. The second-order valence-corrected chi connectivity index (χ2v) is 5.83. The number of rotatable bonds is 1. The summed E-state index contributed by atoms with van der Waals surface area (Å²) in [5.74, 6) is 1.31. The lowest BCUT2D eigenvalue weighted by molar-refractivity contribution is 0.174. The van der Waals surface area contributed by atoms with Crippen molar-refractivity contribution in [3.8, 4) is 11.8 Å². The highest BCUT2D eigenvalue weighted by atomic mass is 79.9. The number of halogens is 1. The molecule has 0 aromatic heterocycles. The number of aryl methyl sites for hydroxylation is 1. The number of hydrogen-bond donors (Lipinski definition) is 2. The van der Waals surface area contributed by atoms with E-state index in [0.29, 0.717) is 11.5 Å². The third kappa shape index (κ3) is 2.05. The summed E-state index contributed by atoms with van der Waals surface area (Å²) in [4.78, 5) is 0. The lowest BCUT2D eigenvalue weighted by atomic mass is 10.0. The average molecular weight is 348 g/mol. The summed E-state index contributed by atoms with van der Waals surface area (Å²) in [7, 11) is 0. The molecule has 0 radical (unpaired) electrons. The monoisotopic (exact) mass is 347 g/mol. The van der Waals surface area contributed by atoms with Gasteiger partial charge in [-0.15, -0.1) is 0 Å². The molecule has 3 N–H and O–H groups in total. The van der Waals surface area contributed by atoms with E-state index in [1.165, 1.54) is 0 Å². The first-order valence-electron chi connectivity index (χ1n) is 6.56. The molecule has 2 aliphatic heterocycles. The standard InChI is InChI=1S/C15H14BrN3O2/c1-3-9-4-11(16)13-12(5-9)19-15(21-13)6-8(2)20-14(18)10(15)7-17/h4-6,19H,3,18H2,1-2H3. The Kier molecular flexibility index (Phi) is 3.10. The van der Waals surface area contributed by atoms with E-state index in [-0.39, 0.29) is 11.5 Å². The number of hydrogen-bond acceptors (Lipinski definition) is 5. The van der Waals surface area contributed by atoms with Crippen molar-refractivity contribution in [3.63, 3.8) is 0 Å². The van der Waals surface area contributed by atoms with Gasteiger partial charge in [0.25, 0.3) is 0 Å². The summed E-state index contributed by atoms with van der Waals surface area (Å²) < 4.78 is 12.2. The van der Waals surface area contributed by atoms with Crippen molar-refractivity contribution in [2.75, 3.05) is 5.32 Å². The Hall–Kier alpha value is -2.13. The lowest BCUT2D eigenvalue weighted by Gasteiger charge is -2.30. The van der Waals surface area contributed by atoms with Crippen LogP contribution in [0, 0.1) is 11.3 Å². The van der Waals surface area contributed by atoms with E-state index in [1.807, 2.05) is 12.1 Å². The van der Waals surface area contributed by atoms with E-state index in [9.17, 15) is 5.26 Å². The quantitative estimate of drug-likeness (QED) is 0.815. The molecule has 1 spiro atoms. The molecule has 108 valence electrons. The summed E-state index contributed by atoms with van der Waals surface area (Å²) >= 11 is 3.51. The summed E-state index contributed by atoms with van der Waals surface area (Å²) in [5, 5.41) is 12.7. The fourth-order valence-corrected chi connectivity index (χ4v) is 3.14. The first-order valence-corrected chi connectivity index (χ1v) is 7.35. The minimum atomic E-state index is -1.10. The van der Waals surface area contributed by atoms with Crippen LogP contribution < -0.4 is 15.8 Å². The molecule has 1 atom stereocenters. The fraction of sp³-hybridized carbons (Fsp3) is 0.267. The van der Waals surface area contributed by atoms with Gasteiger partial charge >= 0.3 is 0 Å². The van der Waals surface area contributed by atoms with Crippen LogP contribution in [-0.4, -0.2) is 5.72 Å². The molecule has 0 bridgehead atoms. The normalized spacial score (nSPS) is 22.9. The summed E-state index contributed by atoms with van der Waals surface area (Å²) in [5.41, 5.74) is 6.93. The highest BCUT2D eigenvalue weighted by Gasteiger charge is 2.46. The van der Waals surface area contributed by atoms with Crippen molar-refractivity contribution >= 4 is 21.6 Å². The van der Waals surface area contributed by atoms with Gasteiger partial charge in [-0.3, -0.25) is 0 Å². The Morgan fingerprint density at radius 2 is 2.24 bits per heavy atom. The van der Waals surface area contributed by atoms with Crippen LogP contribution in [0.3, 0.4) is 0 Å². The van der Waals surface area contributed by atoms with Crippen LogP contribution in [0.25, 0.3) is 0 Å². The number of nitrogens with one attached hydrogen (secondary N) is 1. The van der Waals surface area contributed by atoms with Crippen LogP contribution in [0.1, 0.15) is 19.4 Å². The third-order valence-electron chi connectivity index (χ3n) is 3.50. The van der Waals surface area contributed by atoms with Gasteiger partial charge in [0.2, 0.25) is 11.6 Å². The number of benzene rings is 1. The van der Waals surface area contributed by atoms with Crippen LogP contribution in [0.2, 0.25) is 0 Å². The molecule has 3 rings (SSSR count). The topological polar surface area (TPSA) is 80.3 Å². The van der Waals surface area contributed by atoms with E-state index in [4.69, 9.17) is 15.2 Å².